The molecule has 0 bridgehead atoms. The Kier molecular flexibility index (Phi) is 3.66. The van der Waals surface area contributed by atoms with Crippen molar-refractivity contribution < 1.29 is 13.6 Å². The molecule has 2 aromatic rings. The van der Waals surface area contributed by atoms with Gasteiger partial charge in [-0.25, -0.2) is 8.78 Å². The van der Waals surface area contributed by atoms with E-state index in [0.29, 0.717) is 13.0 Å². The van der Waals surface area contributed by atoms with Crippen LogP contribution in [-0.4, -0.2) is 11.9 Å². The van der Waals surface area contributed by atoms with E-state index >= 15 is 0 Å². The van der Waals surface area contributed by atoms with E-state index in [2.05, 4.69) is 10.6 Å². The Morgan fingerprint density at radius 1 is 1.10 bits per heavy atom. The molecule has 1 heterocycles. The van der Waals surface area contributed by atoms with E-state index in [1.54, 1.807) is 0 Å². The third-order valence-corrected chi connectivity index (χ3v) is 3.58. The summed E-state index contributed by atoms with van der Waals surface area (Å²) in [6.45, 7) is 0.617. The Hall–Kier alpha value is -2.27. The van der Waals surface area contributed by atoms with E-state index in [-0.39, 0.29) is 17.6 Å². The van der Waals surface area contributed by atoms with Gasteiger partial charge in [-0.05, 0) is 29.7 Å². The summed E-state index contributed by atoms with van der Waals surface area (Å²) in [5, 5.41) is 5.74. The lowest BCUT2D eigenvalue weighted by atomic mass is 9.95. The van der Waals surface area contributed by atoms with Gasteiger partial charge in [0.05, 0.1) is 6.04 Å². The van der Waals surface area contributed by atoms with Gasteiger partial charge in [-0.3, -0.25) is 4.79 Å². The van der Waals surface area contributed by atoms with Crippen LogP contribution in [0.25, 0.3) is 0 Å². The third-order valence-electron chi connectivity index (χ3n) is 3.58. The van der Waals surface area contributed by atoms with Crippen molar-refractivity contribution in [2.24, 2.45) is 0 Å². The fourth-order valence-electron chi connectivity index (χ4n) is 2.44. The lowest BCUT2D eigenvalue weighted by Gasteiger charge is -2.25. The molecule has 2 N–H and O–H groups in total. The Labute approximate surface area is 121 Å². The first-order valence-corrected chi connectivity index (χ1v) is 6.69. The van der Waals surface area contributed by atoms with Crippen LogP contribution in [0.15, 0.2) is 42.5 Å². The monoisotopic (exact) mass is 288 g/mol. The van der Waals surface area contributed by atoms with Gasteiger partial charge in [-0.2, -0.15) is 0 Å². The Morgan fingerprint density at radius 3 is 2.62 bits per heavy atom. The zero-order valence-electron chi connectivity index (χ0n) is 11.2. The van der Waals surface area contributed by atoms with Crippen molar-refractivity contribution in [1.29, 1.82) is 0 Å². The molecule has 21 heavy (non-hydrogen) atoms. The standard InChI is InChI=1S/C16H14F2N2O/c17-13-6-5-12(8-14(13)18)20-16(21)15-7-10-3-1-2-4-11(10)9-19-15/h1-6,8,15,19H,7,9H2,(H,20,21). The van der Waals surface area contributed by atoms with Crippen molar-refractivity contribution in [3.05, 3.63) is 65.2 Å². The molecular formula is C16H14F2N2O. The van der Waals surface area contributed by atoms with Crippen LogP contribution in [0.4, 0.5) is 14.5 Å². The molecule has 3 nitrogen and oxygen atoms in total. The average molecular weight is 288 g/mol. The van der Waals surface area contributed by atoms with Crippen LogP contribution < -0.4 is 10.6 Å². The molecule has 0 radical (unpaired) electrons. The predicted octanol–water partition coefficient (Wildman–Crippen LogP) is 2.62. The molecule has 0 saturated heterocycles. The van der Waals surface area contributed by atoms with Crippen molar-refractivity contribution in [1.82, 2.24) is 5.32 Å². The molecule has 1 unspecified atom stereocenters. The Morgan fingerprint density at radius 2 is 1.86 bits per heavy atom. The van der Waals surface area contributed by atoms with Crippen molar-refractivity contribution in [2.45, 2.75) is 19.0 Å². The molecule has 1 atom stereocenters. The summed E-state index contributed by atoms with van der Waals surface area (Å²) in [6.07, 6.45) is 0.575. The Bertz CT molecular complexity index is 688. The second-order valence-electron chi connectivity index (χ2n) is 5.02. The first-order chi connectivity index (χ1) is 10.1. The molecule has 0 aliphatic carbocycles. The maximum Gasteiger partial charge on any atom is 0.241 e. The minimum Gasteiger partial charge on any atom is -0.325 e. The highest BCUT2D eigenvalue weighted by molar-refractivity contribution is 5.95. The summed E-state index contributed by atoms with van der Waals surface area (Å²) in [4.78, 5) is 12.2. The predicted molar refractivity (Wildman–Crippen MR) is 75.8 cm³/mol. The van der Waals surface area contributed by atoms with Crippen LogP contribution in [0, 0.1) is 11.6 Å². The van der Waals surface area contributed by atoms with Gasteiger partial charge in [0, 0.05) is 18.3 Å². The first-order valence-electron chi connectivity index (χ1n) is 6.69. The van der Waals surface area contributed by atoms with Crippen molar-refractivity contribution >= 4 is 11.6 Å². The van der Waals surface area contributed by atoms with E-state index in [9.17, 15) is 13.6 Å². The van der Waals surface area contributed by atoms with Gasteiger partial charge in [-0.1, -0.05) is 24.3 Å². The molecule has 1 aliphatic heterocycles. The van der Waals surface area contributed by atoms with Crippen molar-refractivity contribution in [3.8, 4) is 0 Å². The maximum atomic E-state index is 13.1. The number of rotatable bonds is 2. The number of hydrogen-bond acceptors (Lipinski definition) is 2. The van der Waals surface area contributed by atoms with Gasteiger partial charge in [0.1, 0.15) is 0 Å². The van der Waals surface area contributed by atoms with Gasteiger partial charge >= 0.3 is 0 Å². The second kappa shape index (κ2) is 5.61. The van der Waals surface area contributed by atoms with Crippen LogP contribution in [0.5, 0.6) is 0 Å². The highest BCUT2D eigenvalue weighted by Gasteiger charge is 2.24. The fourth-order valence-corrected chi connectivity index (χ4v) is 2.44. The van der Waals surface area contributed by atoms with E-state index in [0.717, 1.165) is 17.7 Å². The quantitative estimate of drug-likeness (QED) is 0.892. The number of hydrogen-bond donors (Lipinski definition) is 2. The van der Waals surface area contributed by atoms with Crippen LogP contribution in [0.1, 0.15) is 11.1 Å². The number of anilines is 1. The van der Waals surface area contributed by atoms with Crippen LogP contribution >= 0.6 is 0 Å². The topological polar surface area (TPSA) is 41.1 Å². The first kappa shape index (κ1) is 13.7. The zero-order chi connectivity index (χ0) is 14.8. The SMILES string of the molecule is O=C(Nc1ccc(F)c(F)c1)C1Cc2ccccc2CN1. The second-order valence-corrected chi connectivity index (χ2v) is 5.02. The van der Waals surface area contributed by atoms with Gasteiger partial charge in [0.25, 0.3) is 0 Å². The molecule has 0 aromatic heterocycles. The molecule has 0 fully saturated rings. The summed E-state index contributed by atoms with van der Waals surface area (Å²) in [7, 11) is 0. The minimum absolute atomic E-state index is 0.250. The molecule has 5 heteroatoms. The summed E-state index contributed by atoms with van der Waals surface area (Å²) >= 11 is 0. The molecule has 1 amide bonds. The zero-order valence-corrected chi connectivity index (χ0v) is 11.2. The van der Waals surface area contributed by atoms with Gasteiger partial charge < -0.3 is 10.6 Å². The number of amides is 1. The highest BCUT2D eigenvalue weighted by atomic mass is 19.2. The van der Waals surface area contributed by atoms with E-state index in [1.807, 2.05) is 24.3 Å². The number of carbonyl (C=O) groups excluding carboxylic acids is 1. The third kappa shape index (κ3) is 2.92. The summed E-state index contributed by atoms with van der Waals surface area (Å²) in [6, 6.07) is 10.8. The van der Waals surface area contributed by atoms with E-state index in [1.165, 1.54) is 11.6 Å². The molecule has 0 spiro atoms. The summed E-state index contributed by atoms with van der Waals surface area (Å²) in [5.74, 6) is -2.16. The molecule has 108 valence electrons. The molecule has 3 rings (SSSR count). The Balaban J connectivity index is 1.70. The number of fused-ring (bicyclic) bond motifs is 1. The highest BCUT2D eigenvalue weighted by Crippen LogP contribution is 2.18. The number of carbonyl (C=O) groups is 1. The number of halogens is 2. The molecule has 1 aliphatic rings. The van der Waals surface area contributed by atoms with Crippen LogP contribution in [0.2, 0.25) is 0 Å². The number of benzene rings is 2. The molecule has 0 saturated carbocycles. The lowest BCUT2D eigenvalue weighted by Crippen LogP contribution is -2.44. The van der Waals surface area contributed by atoms with Gasteiger partial charge in [0.15, 0.2) is 11.6 Å². The minimum atomic E-state index is -0.977. The van der Waals surface area contributed by atoms with Crippen LogP contribution in [0.3, 0.4) is 0 Å². The van der Waals surface area contributed by atoms with Crippen molar-refractivity contribution in [2.75, 3.05) is 5.32 Å². The van der Waals surface area contributed by atoms with Crippen LogP contribution in [-0.2, 0) is 17.8 Å². The van der Waals surface area contributed by atoms with E-state index < -0.39 is 11.6 Å². The average Bonchev–Trinajstić information content (AvgIpc) is 2.50. The lowest BCUT2D eigenvalue weighted by molar-refractivity contribution is -0.118. The van der Waals surface area contributed by atoms with E-state index in [4.69, 9.17) is 0 Å². The van der Waals surface area contributed by atoms with Gasteiger partial charge in [0.2, 0.25) is 5.91 Å². The summed E-state index contributed by atoms with van der Waals surface area (Å²) in [5.41, 5.74) is 2.55. The largest absolute Gasteiger partial charge is 0.325 e. The normalized spacial score (nSPS) is 17.1. The molecule has 2 aromatic carbocycles. The fraction of sp³-hybridized carbons (Fsp3) is 0.188. The molecular weight excluding hydrogens is 274 g/mol. The smallest absolute Gasteiger partial charge is 0.241 e. The van der Waals surface area contributed by atoms with Crippen molar-refractivity contribution in [3.63, 3.8) is 0 Å². The summed E-state index contributed by atoms with van der Waals surface area (Å²) < 4.78 is 26.0. The van der Waals surface area contributed by atoms with Gasteiger partial charge in [-0.15, -0.1) is 0 Å². The number of nitrogens with one attached hydrogen (secondary N) is 2. The maximum absolute atomic E-state index is 13.1.